The van der Waals surface area contributed by atoms with Crippen LogP contribution in [0.1, 0.15) is 41.9 Å². The van der Waals surface area contributed by atoms with Gasteiger partial charge in [-0.2, -0.15) is 0 Å². The number of imidazole rings is 1. The minimum Gasteiger partial charge on any atom is -0.478 e. The molecule has 1 saturated carbocycles. The van der Waals surface area contributed by atoms with E-state index >= 15 is 0 Å². The second-order valence-corrected chi connectivity index (χ2v) is 7.44. The number of hydrogen-bond acceptors (Lipinski definition) is 3. The van der Waals surface area contributed by atoms with Crippen molar-refractivity contribution in [1.29, 1.82) is 0 Å². The number of carbonyl (C=O) groups is 1. The Morgan fingerprint density at radius 1 is 1.52 bits per heavy atom. The van der Waals surface area contributed by atoms with Crippen molar-refractivity contribution < 1.29 is 14.1 Å². The molecular formula is C15H18N2O3S. The summed E-state index contributed by atoms with van der Waals surface area (Å²) in [7, 11) is -0.952. The van der Waals surface area contributed by atoms with Gasteiger partial charge in [0.1, 0.15) is 5.82 Å². The van der Waals surface area contributed by atoms with Gasteiger partial charge in [-0.1, -0.05) is 6.07 Å². The molecule has 1 aliphatic rings. The van der Waals surface area contributed by atoms with E-state index < -0.39 is 16.8 Å². The van der Waals surface area contributed by atoms with Crippen LogP contribution in [0.5, 0.6) is 0 Å². The molecule has 5 nitrogen and oxygen atoms in total. The predicted molar refractivity (Wildman–Crippen MR) is 82.2 cm³/mol. The SMILES string of the molecule is CC(Cn1c(C2CC2)nc2cccc(C(=O)O)c21)S(C)=O. The summed E-state index contributed by atoms with van der Waals surface area (Å²) in [6.07, 6.45) is 3.86. The quantitative estimate of drug-likeness (QED) is 0.920. The van der Waals surface area contributed by atoms with Crippen LogP contribution in [0.4, 0.5) is 0 Å². The molecule has 1 aromatic heterocycles. The Kier molecular flexibility index (Phi) is 3.57. The average Bonchev–Trinajstić information content (AvgIpc) is 3.21. The number of carboxylic acids is 1. The van der Waals surface area contributed by atoms with Gasteiger partial charge in [-0.25, -0.2) is 9.78 Å². The minimum atomic E-state index is -0.952. The molecule has 0 spiro atoms. The first-order chi connectivity index (χ1) is 9.99. The molecule has 3 rings (SSSR count). The summed E-state index contributed by atoms with van der Waals surface area (Å²) < 4.78 is 13.7. The van der Waals surface area contributed by atoms with Crippen molar-refractivity contribution in [2.24, 2.45) is 0 Å². The Morgan fingerprint density at radius 2 is 2.24 bits per heavy atom. The van der Waals surface area contributed by atoms with Gasteiger partial charge >= 0.3 is 5.97 Å². The predicted octanol–water partition coefficient (Wildman–Crippen LogP) is 2.38. The molecule has 0 aliphatic heterocycles. The second kappa shape index (κ2) is 5.26. The van der Waals surface area contributed by atoms with E-state index in [9.17, 15) is 14.1 Å². The van der Waals surface area contributed by atoms with Crippen LogP contribution < -0.4 is 0 Å². The molecule has 1 fully saturated rings. The zero-order chi connectivity index (χ0) is 15.1. The van der Waals surface area contributed by atoms with Crippen LogP contribution in [0.25, 0.3) is 11.0 Å². The van der Waals surface area contributed by atoms with Crippen LogP contribution >= 0.6 is 0 Å². The molecule has 1 aliphatic carbocycles. The lowest BCUT2D eigenvalue weighted by molar-refractivity contribution is 0.0698. The lowest BCUT2D eigenvalue weighted by Gasteiger charge is -2.14. The molecule has 0 bridgehead atoms. The summed E-state index contributed by atoms with van der Waals surface area (Å²) in [5.41, 5.74) is 1.64. The monoisotopic (exact) mass is 306 g/mol. The molecular weight excluding hydrogens is 288 g/mol. The van der Waals surface area contributed by atoms with Crippen LogP contribution in [-0.4, -0.2) is 36.3 Å². The summed E-state index contributed by atoms with van der Waals surface area (Å²) in [6, 6.07) is 5.17. The maximum atomic E-state index is 11.7. The minimum absolute atomic E-state index is 0.0400. The molecule has 2 unspecified atom stereocenters. The highest BCUT2D eigenvalue weighted by molar-refractivity contribution is 7.84. The maximum absolute atomic E-state index is 11.7. The van der Waals surface area contributed by atoms with E-state index in [4.69, 9.17) is 0 Å². The summed E-state index contributed by atoms with van der Waals surface area (Å²) in [5.74, 6) is 0.405. The average molecular weight is 306 g/mol. The second-order valence-electron chi connectivity index (χ2n) is 5.64. The summed E-state index contributed by atoms with van der Waals surface area (Å²) in [4.78, 5) is 16.1. The van der Waals surface area contributed by atoms with E-state index in [0.717, 1.165) is 18.7 Å². The van der Waals surface area contributed by atoms with Gasteiger partial charge < -0.3 is 9.67 Å². The van der Waals surface area contributed by atoms with Gasteiger partial charge in [-0.3, -0.25) is 4.21 Å². The number of carboxylic acid groups (broad SMARTS) is 1. The standard InChI is InChI=1S/C15H18N2O3S/c1-9(21(2)20)8-17-13-11(15(18)19)4-3-5-12(13)16-14(17)10-6-7-10/h3-5,9-10H,6-8H2,1-2H3,(H,18,19). The lowest BCUT2D eigenvalue weighted by atomic mass is 10.2. The van der Waals surface area contributed by atoms with Crippen molar-refractivity contribution in [3.05, 3.63) is 29.6 Å². The maximum Gasteiger partial charge on any atom is 0.337 e. The molecule has 2 atom stereocenters. The zero-order valence-electron chi connectivity index (χ0n) is 12.1. The smallest absolute Gasteiger partial charge is 0.337 e. The van der Waals surface area contributed by atoms with Crippen LogP contribution in [0.3, 0.4) is 0 Å². The summed E-state index contributed by atoms with van der Waals surface area (Å²) in [5, 5.41) is 9.37. The topological polar surface area (TPSA) is 72.2 Å². The lowest BCUT2D eigenvalue weighted by Crippen LogP contribution is -2.19. The van der Waals surface area contributed by atoms with Gasteiger partial charge in [0.15, 0.2) is 0 Å². The molecule has 1 aromatic carbocycles. The molecule has 21 heavy (non-hydrogen) atoms. The fraction of sp³-hybridized carbons (Fsp3) is 0.467. The third kappa shape index (κ3) is 2.60. The van der Waals surface area contributed by atoms with Gasteiger partial charge in [0.25, 0.3) is 0 Å². The van der Waals surface area contributed by atoms with Crippen molar-refractivity contribution >= 4 is 27.8 Å². The van der Waals surface area contributed by atoms with Crippen LogP contribution in [0.15, 0.2) is 18.2 Å². The Bertz CT molecular complexity index is 734. The molecule has 112 valence electrons. The fourth-order valence-corrected chi connectivity index (χ4v) is 2.94. The molecule has 0 amide bonds. The first kappa shape index (κ1) is 14.3. The molecule has 1 heterocycles. The Balaban J connectivity index is 2.19. The zero-order valence-corrected chi connectivity index (χ0v) is 12.9. The van der Waals surface area contributed by atoms with Crippen LogP contribution in [0.2, 0.25) is 0 Å². The fourth-order valence-electron chi connectivity index (χ4n) is 2.58. The third-order valence-electron chi connectivity index (χ3n) is 3.98. The highest BCUT2D eigenvalue weighted by Crippen LogP contribution is 2.41. The van der Waals surface area contributed by atoms with E-state index in [1.165, 1.54) is 0 Å². The van der Waals surface area contributed by atoms with Crippen LogP contribution in [-0.2, 0) is 17.3 Å². The first-order valence-corrected chi connectivity index (χ1v) is 8.66. The Labute approximate surface area is 125 Å². The third-order valence-corrected chi connectivity index (χ3v) is 5.26. The number of aromatic nitrogens is 2. The van der Waals surface area contributed by atoms with E-state index in [1.807, 2.05) is 17.6 Å². The Morgan fingerprint density at radius 3 is 2.81 bits per heavy atom. The molecule has 1 N–H and O–H groups in total. The highest BCUT2D eigenvalue weighted by atomic mass is 32.2. The molecule has 0 radical (unpaired) electrons. The summed E-state index contributed by atoms with van der Waals surface area (Å²) in [6.45, 7) is 2.46. The van der Waals surface area contributed by atoms with Crippen molar-refractivity contribution in [2.45, 2.75) is 37.5 Å². The van der Waals surface area contributed by atoms with Gasteiger partial charge in [0.2, 0.25) is 0 Å². The number of aromatic carboxylic acids is 1. The number of rotatable bonds is 5. The van der Waals surface area contributed by atoms with Crippen molar-refractivity contribution in [3.63, 3.8) is 0 Å². The number of nitrogens with zero attached hydrogens (tertiary/aromatic N) is 2. The normalized spacial score (nSPS) is 17.8. The van der Waals surface area contributed by atoms with Crippen molar-refractivity contribution in [3.8, 4) is 0 Å². The van der Waals surface area contributed by atoms with Crippen molar-refractivity contribution in [1.82, 2.24) is 9.55 Å². The molecule has 6 heteroatoms. The Hall–Kier alpha value is -1.69. The summed E-state index contributed by atoms with van der Waals surface area (Å²) >= 11 is 0. The van der Waals surface area contributed by atoms with Gasteiger partial charge in [-0.15, -0.1) is 0 Å². The van der Waals surface area contributed by atoms with Gasteiger partial charge in [0, 0.05) is 34.8 Å². The molecule has 0 saturated heterocycles. The largest absolute Gasteiger partial charge is 0.478 e. The molecule has 2 aromatic rings. The number of para-hydroxylation sites is 1. The number of benzene rings is 1. The van der Waals surface area contributed by atoms with Gasteiger partial charge in [-0.05, 0) is 31.9 Å². The van der Waals surface area contributed by atoms with E-state index in [0.29, 0.717) is 23.5 Å². The van der Waals surface area contributed by atoms with E-state index in [2.05, 4.69) is 4.98 Å². The van der Waals surface area contributed by atoms with E-state index in [-0.39, 0.29) is 10.8 Å². The van der Waals surface area contributed by atoms with Gasteiger partial charge in [0.05, 0.1) is 16.6 Å². The van der Waals surface area contributed by atoms with E-state index in [1.54, 1.807) is 18.4 Å². The highest BCUT2D eigenvalue weighted by Gasteiger charge is 2.31. The number of hydrogen-bond donors (Lipinski definition) is 1. The van der Waals surface area contributed by atoms with Crippen LogP contribution in [0, 0.1) is 0 Å². The first-order valence-electron chi connectivity index (χ1n) is 7.03. The number of fused-ring (bicyclic) bond motifs is 1. The van der Waals surface area contributed by atoms with Crippen molar-refractivity contribution in [2.75, 3.05) is 6.26 Å².